The van der Waals surface area contributed by atoms with Crippen LogP contribution in [0.4, 0.5) is 5.69 Å². The molecule has 1 saturated heterocycles. The minimum absolute atomic E-state index is 0.0200. The number of guanidine groups is 1. The maximum absolute atomic E-state index is 12.4. The number of hydrogen-bond acceptors (Lipinski definition) is 2. The van der Waals surface area contributed by atoms with E-state index >= 15 is 0 Å². The average molecular weight is 373 g/mol. The van der Waals surface area contributed by atoms with Gasteiger partial charge in [0.25, 0.3) is 0 Å². The Labute approximate surface area is 164 Å². The number of amides is 1. The van der Waals surface area contributed by atoms with Gasteiger partial charge in [-0.3, -0.25) is 10.2 Å². The van der Waals surface area contributed by atoms with E-state index in [1.165, 1.54) is 56.9 Å². The quantitative estimate of drug-likeness (QED) is 0.300. The summed E-state index contributed by atoms with van der Waals surface area (Å²) in [6, 6.07) is 7.85. The summed E-state index contributed by atoms with van der Waals surface area (Å²) in [5.41, 5.74) is 7.71. The zero-order valence-electron chi connectivity index (χ0n) is 16.8. The highest BCUT2D eigenvalue weighted by molar-refractivity contribution is 5.97. The van der Waals surface area contributed by atoms with E-state index < -0.39 is 0 Å². The summed E-state index contributed by atoms with van der Waals surface area (Å²) < 4.78 is 0. The van der Waals surface area contributed by atoms with Crippen molar-refractivity contribution in [1.82, 2.24) is 4.90 Å². The van der Waals surface area contributed by atoms with E-state index in [4.69, 9.17) is 11.1 Å². The molecule has 1 aromatic rings. The van der Waals surface area contributed by atoms with Crippen LogP contribution in [0.5, 0.6) is 0 Å². The summed E-state index contributed by atoms with van der Waals surface area (Å²) in [6.07, 6.45) is 13.4. The number of hydrogen-bond donors (Lipinski definition) is 3. The molecule has 5 heteroatoms. The van der Waals surface area contributed by atoms with Crippen LogP contribution in [0, 0.1) is 5.41 Å². The third kappa shape index (κ3) is 7.24. The van der Waals surface area contributed by atoms with Crippen LogP contribution in [0.3, 0.4) is 0 Å². The lowest BCUT2D eigenvalue weighted by atomic mass is 10.0. The molecule has 0 aromatic heterocycles. The van der Waals surface area contributed by atoms with E-state index in [9.17, 15) is 4.79 Å². The van der Waals surface area contributed by atoms with Gasteiger partial charge in [0.2, 0.25) is 5.91 Å². The van der Waals surface area contributed by atoms with Crippen molar-refractivity contribution in [2.24, 2.45) is 5.73 Å². The van der Waals surface area contributed by atoms with Gasteiger partial charge >= 0.3 is 0 Å². The number of nitrogens with zero attached hydrogens (tertiary/aromatic N) is 1. The SMILES string of the molecule is CCCCCCCCCCc1ccc(NC(=O)[C@@H]2CCCN2C(=N)N)cc1. The lowest BCUT2D eigenvalue weighted by Crippen LogP contribution is -2.46. The Kier molecular flexibility index (Phi) is 9.16. The van der Waals surface area contributed by atoms with Crippen molar-refractivity contribution in [3.8, 4) is 0 Å². The maximum Gasteiger partial charge on any atom is 0.247 e. The van der Waals surface area contributed by atoms with E-state index in [1.807, 2.05) is 12.1 Å². The Morgan fingerprint density at radius 3 is 2.37 bits per heavy atom. The molecule has 1 fully saturated rings. The molecule has 4 N–H and O–H groups in total. The van der Waals surface area contributed by atoms with E-state index in [2.05, 4.69) is 24.4 Å². The predicted octanol–water partition coefficient (Wildman–Crippen LogP) is 4.67. The highest BCUT2D eigenvalue weighted by Gasteiger charge is 2.31. The van der Waals surface area contributed by atoms with Crippen LogP contribution in [0.2, 0.25) is 0 Å². The van der Waals surface area contributed by atoms with E-state index in [-0.39, 0.29) is 17.9 Å². The number of benzene rings is 1. The lowest BCUT2D eigenvalue weighted by molar-refractivity contribution is -0.119. The molecule has 1 aromatic carbocycles. The first-order valence-electron chi connectivity index (χ1n) is 10.6. The van der Waals surface area contributed by atoms with Gasteiger partial charge in [-0.15, -0.1) is 0 Å². The zero-order chi connectivity index (χ0) is 19.5. The highest BCUT2D eigenvalue weighted by atomic mass is 16.2. The minimum Gasteiger partial charge on any atom is -0.370 e. The molecular weight excluding hydrogens is 336 g/mol. The molecule has 1 heterocycles. The van der Waals surface area contributed by atoms with Crippen LogP contribution < -0.4 is 11.1 Å². The number of aryl methyl sites for hydroxylation is 1. The van der Waals surface area contributed by atoms with Gasteiger partial charge in [0.05, 0.1) is 0 Å². The Morgan fingerprint density at radius 2 is 1.74 bits per heavy atom. The summed E-state index contributed by atoms with van der Waals surface area (Å²) in [7, 11) is 0. The fourth-order valence-corrected chi connectivity index (χ4v) is 3.77. The molecule has 150 valence electrons. The van der Waals surface area contributed by atoms with E-state index in [1.54, 1.807) is 4.90 Å². The van der Waals surface area contributed by atoms with Crippen LogP contribution in [0.15, 0.2) is 24.3 Å². The Hall–Kier alpha value is -2.04. The second kappa shape index (κ2) is 11.6. The average Bonchev–Trinajstić information content (AvgIpc) is 3.15. The summed E-state index contributed by atoms with van der Waals surface area (Å²) in [6.45, 7) is 2.94. The summed E-state index contributed by atoms with van der Waals surface area (Å²) >= 11 is 0. The molecule has 27 heavy (non-hydrogen) atoms. The molecule has 2 rings (SSSR count). The third-order valence-corrected chi connectivity index (χ3v) is 5.41. The summed E-state index contributed by atoms with van der Waals surface area (Å²) in [5, 5.41) is 10.5. The van der Waals surface area contributed by atoms with Crippen molar-refractivity contribution in [2.45, 2.75) is 83.6 Å². The second-order valence-electron chi connectivity index (χ2n) is 7.65. The standard InChI is InChI=1S/C22H36N4O/c1-2-3-4-5-6-7-8-9-11-18-13-15-19(16-14-18)25-21(27)20-12-10-17-26(20)22(23)24/h13-16,20H,2-12,17H2,1H3,(H3,23,24)(H,25,27)/t20-/m0/s1. The molecule has 1 atom stereocenters. The largest absolute Gasteiger partial charge is 0.370 e. The Bertz CT molecular complexity index is 584. The van der Waals surface area contributed by atoms with E-state index in [0.29, 0.717) is 6.54 Å². The first-order valence-corrected chi connectivity index (χ1v) is 10.6. The zero-order valence-corrected chi connectivity index (χ0v) is 16.8. The normalized spacial score (nSPS) is 16.5. The molecule has 0 bridgehead atoms. The fraction of sp³-hybridized carbons (Fsp3) is 0.636. The smallest absolute Gasteiger partial charge is 0.247 e. The van der Waals surface area contributed by atoms with Crippen LogP contribution >= 0.6 is 0 Å². The maximum atomic E-state index is 12.4. The van der Waals surface area contributed by atoms with Crippen LogP contribution in [0.25, 0.3) is 0 Å². The molecular formula is C22H36N4O. The molecule has 1 aliphatic heterocycles. The molecule has 1 aliphatic rings. The van der Waals surface area contributed by atoms with Crippen molar-refractivity contribution in [1.29, 1.82) is 5.41 Å². The molecule has 1 amide bonds. The number of likely N-dealkylation sites (tertiary alicyclic amines) is 1. The number of anilines is 1. The molecule has 0 aliphatic carbocycles. The first kappa shape index (κ1) is 21.3. The second-order valence-corrected chi connectivity index (χ2v) is 7.65. The van der Waals surface area contributed by atoms with Crippen LogP contribution in [-0.4, -0.2) is 29.4 Å². The number of nitrogens with one attached hydrogen (secondary N) is 2. The third-order valence-electron chi connectivity index (χ3n) is 5.41. The monoisotopic (exact) mass is 372 g/mol. The van der Waals surface area contributed by atoms with E-state index in [0.717, 1.165) is 24.9 Å². The van der Waals surface area contributed by atoms with Crippen molar-refractivity contribution in [3.05, 3.63) is 29.8 Å². The van der Waals surface area contributed by atoms with Gasteiger partial charge in [0.1, 0.15) is 6.04 Å². The molecule has 0 radical (unpaired) electrons. The Morgan fingerprint density at radius 1 is 1.11 bits per heavy atom. The highest BCUT2D eigenvalue weighted by Crippen LogP contribution is 2.19. The van der Waals surface area contributed by atoms with Crippen molar-refractivity contribution < 1.29 is 4.79 Å². The van der Waals surface area contributed by atoms with Crippen molar-refractivity contribution in [2.75, 3.05) is 11.9 Å². The number of nitrogens with two attached hydrogens (primary N) is 1. The summed E-state index contributed by atoms with van der Waals surface area (Å²) in [4.78, 5) is 14.1. The van der Waals surface area contributed by atoms with Gasteiger partial charge in [-0.05, 0) is 43.4 Å². The topological polar surface area (TPSA) is 82.2 Å². The molecule has 5 nitrogen and oxygen atoms in total. The van der Waals surface area contributed by atoms with Gasteiger partial charge in [-0.2, -0.15) is 0 Å². The lowest BCUT2D eigenvalue weighted by Gasteiger charge is -2.23. The Balaban J connectivity index is 1.67. The van der Waals surface area contributed by atoms with Gasteiger partial charge in [-0.25, -0.2) is 0 Å². The van der Waals surface area contributed by atoms with Gasteiger partial charge in [-0.1, -0.05) is 64.0 Å². The fourth-order valence-electron chi connectivity index (χ4n) is 3.77. The van der Waals surface area contributed by atoms with Crippen LogP contribution in [0.1, 0.15) is 76.7 Å². The summed E-state index contributed by atoms with van der Waals surface area (Å²) in [5.74, 6) is -0.0908. The molecule has 0 unspecified atom stereocenters. The minimum atomic E-state index is -0.320. The first-order chi connectivity index (χ1) is 13.1. The number of rotatable bonds is 11. The predicted molar refractivity (Wildman–Crippen MR) is 113 cm³/mol. The van der Waals surface area contributed by atoms with Gasteiger partial charge < -0.3 is 16.0 Å². The van der Waals surface area contributed by atoms with Crippen molar-refractivity contribution in [3.63, 3.8) is 0 Å². The number of carbonyl (C=O) groups is 1. The molecule has 0 saturated carbocycles. The number of carbonyl (C=O) groups excluding carboxylic acids is 1. The van der Waals surface area contributed by atoms with Crippen molar-refractivity contribution >= 4 is 17.6 Å². The van der Waals surface area contributed by atoms with Crippen LogP contribution in [-0.2, 0) is 11.2 Å². The molecule has 0 spiro atoms. The number of unbranched alkanes of at least 4 members (excludes halogenated alkanes) is 7. The van der Waals surface area contributed by atoms with Gasteiger partial charge in [0.15, 0.2) is 5.96 Å². The van der Waals surface area contributed by atoms with Gasteiger partial charge in [0, 0.05) is 12.2 Å².